The minimum absolute atomic E-state index is 0.0504. The quantitative estimate of drug-likeness (QED) is 0.0242. The Bertz CT molecular complexity index is 810. The number of aliphatic hydroxyl groups is 2. The van der Waals surface area contributed by atoms with Crippen LogP contribution in [0.2, 0.25) is 0 Å². The highest BCUT2D eigenvalue weighted by Crippen LogP contribution is 2.43. The SMILES string of the molecule is CCCCCCCC/C=C\CCCCCCCCOCC(COP(=O)(O)OCC(O)CO)OC(=O)CCCCCCCCCCCCCCCC. The second-order valence-electron chi connectivity index (χ2n) is 14.4. The van der Waals surface area contributed by atoms with Gasteiger partial charge in [-0.1, -0.05) is 167 Å². The van der Waals surface area contributed by atoms with Crippen molar-refractivity contribution in [3.63, 3.8) is 0 Å². The normalized spacial score (nSPS) is 14.2. The van der Waals surface area contributed by atoms with Crippen LogP contribution in [0.25, 0.3) is 0 Å². The molecule has 3 unspecified atom stereocenters. The minimum Gasteiger partial charge on any atom is -0.457 e. The van der Waals surface area contributed by atoms with Crippen molar-refractivity contribution in [2.75, 3.05) is 33.0 Å². The van der Waals surface area contributed by atoms with Crippen LogP contribution in [0, 0.1) is 0 Å². The van der Waals surface area contributed by atoms with Crippen molar-refractivity contribution in [2.45, 2.75) is 212 Å². The fourth-order valence-corrected chi connectivity index (χ4v) is 6.73. The molecule has 0 aliphatic carbocycles. The number of unbranched alkanes of at least 4 members (excludes halogenated alkanes) is 25. The molecule has 0 aliphatic rings. The van der Waals surface area contributed by atoms with E-state index >= 15 is 0 Å². The lowest BCUT2D eigenvalue weighted by atomic mass is 10.0. The number of hydrogen-bond donors (Lipinski definition) is 3. The first-order valence-corrected chi connectivity index (χ1v) is 22.7. The van der Waals surface area contributed by atoms with Gasteiger partial charge in [0.2, 0.25) is 0 Å². The van der Waals surface area contributed by atoms with E-state index in [4.69, 9.17) is 23.6 Å². The second kappa shape index (κ2) is 38.9. The van der Waals surface area contributed by atoms with Crippen molar-refractivity contribution in [3.05, 3.63) is 12.2 Å². The van der Waals surface area contributed by atoms with Crippen LogP contribution in [0.15, 0.2) is 12.2 Å². The molecule has 0 aromatic carbocycles. The maximum Gasteiger partial charge on any atom is 0.472 e. The summed E-state index contributed by atoms with van der Waals surface area (Å²) in [7, 11) is -4.51. The molecule has 0 fully saturated rings. The summed E-state index contributed by atoms with van der Waals surface area (Å²) in [4.78, 5) is 22.5. The number of rotatable bonds is 41. The zero-order valence-corrected chi connectivity index (χ0v) is 34.0. The molecule has 0 aliphatic heterocycles. The fraction of sp³-hybridized carbons (Fsp3) is 0.927. The second-order valence-corrected chi connectivity index (χ2v) is 15.8. The topological polar surface area (TPSA) is 132 Å². The molecule has 10 heteroatoms. The van der Waals surface area contributed by atoms with Gasteiger partial charge in [0.15, 0.2) is 0 Å². The lowest BCUT2D eigenvalue weighted by Crippen LogP contribution is -2.29. The number of phosphoric acid groups is 1. The van der Waals surface area contributed by atoms with Crippen LogP contribution >= 0.6 is 7.82 Å². The van der Waals surface area contributed by atoms with Crippen molar-refractivity contribution >= 4 is 13.8 Å². The fourth-order valence-electron chi connectivity index (χ4n) is 5.94. The number of ether oxygens (including phenoxy) is 2. The van der Waals surface area contributed by atoms with Gasteiger partial charge in [0.05, 0.1) is 26.4 Å². The monoisotopic (exact) mass is 749 g/mol. The Morgan fingerprint density at radius 3 is 1.47 bits per heavy atom. The van der Waals surface area contributed by atoms with E-state index in [0.717, 1.165) is 44.9 Å². The van der Waals surface area contributed by atoms with Crippen molar-refractivity contribution in [1.82, 2.24) is 0 Å². The summed E-state index contributed by atoms with van der Waals surface area (Å²) in [6, 6.07) is 0. The van der Waals surface area contributed by atoms with Gasteiger partial charge in [0, 0.05) is 13.0 Å². The maximum absolute atomic E-state index is 12.6. The van der Waals surface area contributed by atoms with Crippen LogP contribution < -0.4 is 0 Å². The zero-order valence-electron chi connectivity index (χ0n) is 33.1. The third-order valence-corrected chi connectivity index (χ3v) is 10.2. The Labute approximate surface area is 313 Å². The molecule has 3 N–H and O–H groups in total. The van der Waals surface area contributed by atoms with E-state index in [0.29, 0.717) is 6.61 Å². The predicted molar refractivity (Wildman–Crippen MR) is 210 cm³/mol. The van der Waals surface area contributed by atoms with Crippen LogP contribution in [0.3, 0.4) is 0 Å². The standard InChI is InChI=1S/C41H81O9P/c1-3-5-7-9-11-13-15-17-19-20-22-24-26-28-30-32-34-47-37-40(38-49-51(45,46)48-36-39(43)35-42)50-41(44)33-31-29-27-25-23-21-18-16-14-12-10-8-6-4-2/h17,19,39-40,42-43H,3-16,18,20-38H2,1-2H3,(H,45,46)/b19-17-. The summed E-state index contributed by atoms with van der Waals surface area (Å²) < 4.78 is 33.3. The molecule has 0 saturated carbocycles. The molecule has 51 heavy (non-hydrogen) atoms. The molecule has 9 nitrogen and oxygen atoms in total. The first kappa shape index (κ1) is 50.2. The molecule has 0 aromatic rings. The van der Waals surface area contributed by atoms with Gasteiger partial charge < -0.3 is 24.6 Å². The van der Waals surface area contributed by atoms with Crippen molar-refractivity contribution in [3.8, 4) is 0 Å². The van der Waals surface area contributed by atoms with Gasteiger partial charge in [-0.25, -0.2) is 4.57 Å². The van der Waals surface area contributed by atoms with Crippen molar-refractivity contribution < 1.29 is 43.0 Å². The first-order chi connectivity index (χ1) is 24.8. The third kappa shape index (κ3) is 38.7. The average Bonchev–Trinajstić information content (AvgIpc) is 3.12. The highest BCUT2D eigenvalue weighted by Gasteiger charge is 2.26. The minimum atomic E-state index is -4.51. The van der Waals surface area contributed by atoms with Crippen molar-refractivity contribution in [1.29, 1.82) is 0 Å². The van der Waals surface area contributed by atoms with Gasteiger partial charge in [0.25, 0.3) is 0 Å². The predicted octanol–water partition coefficient (Wildman–Crippen LogP) is 11.3. The molecule has 0 radical (unpaired) electrons. The van der Waals surface area contributed by atoms with E-state index in [-0.39, 0.29) is 25.6 Å². The molecular weight excluding hydrogens is 667 g/mol. The Kier molecular flexibility index (Phi) is 38.3. The summed E-state index contributed by atoms with van der Waals surface area (Å²) in [5, 5.41) is 18.3. The Hall–Kier alpha value is -0.800. The van der Waals surface area contributed by atoms with E-state index in [1.165, 1.54) is 135 Å². The van der Waals surface area contributed by atoms with Gasteiger partial charge in [-0.05, 0) is 38.5 Å². The third-order valence-electron chi connectivity index (χ3n) is 9.20. The largest absolute Gasteiger partial charge is 0.472 e. The molecule has 0 saturated heterocycles. The lowest BCUT2D eigenvalue weighted by Gasteiger charge is -2.20. The molecule has 0 aromatic heterocycles. The molecule has 0 amide bonds. The Morgan fingerprint density at radius 1 is 0.588 bits per heavy atom. The molecule has 0 heterocycles. The van der Waals surface area contributed by atoms with Crippen LogP contribution in [-0.2, 0) is 27.9 Å². The van der Waals surface area contributed by atoms with Crippen molar-refractivity contribution in [2.24, 2.45) is 0 Å². The zero-order chi connectivity index (χ0) is 37.5. The molecule has 0 rings (SSSR count). The Balaban J connectivity index is 4.16. The summed E-state index contributed by atoms with van der Waals surface area (Å²) in [5.74, 6) is -0.382. The summed E-state index contributed by atoms with van der Waals surface area (Å²) >= 11 is 0. The molecule has 0 bridgehead atoms. The van der Waals surface area contributed by atoms with E-state index in [2.05, 4.69) is 26.0 Å². The average molecular weight is 749 g/mol. The smallest absolute Gasteiger partial charge is 0.457 e. The number of allylic oxidation sites excluding steroid dienone is 2. The highest BCUT2D eigenvalue weighted by molar-refractivity contribution is 7.47. The number of esters is 1. The lowest BCUT2D eigenvalue weighted by molar-refractivity contribution is -0.154. The van der Waals surface area contributed by atoms with Crippen LogP contribution in [-0.4, -0.2) is 66.3 Å². The molecule has 0 spiro atoms. The van der Waals surface area contributed by atoms with Crippen LogP contribution in [0.5, 0.6) is 0 Å². The Morgan fingerprint density at radius 2 is 1.00 bits per heavy atom. The number of phosphoric ester groups is 1. The van der Waals surface area contributed by atoms with E-state index < -0.39 is 33.2 Å². The molecular formula is C41H81O9P. The van der Waals surface area contributed by atoms with E-state index in [1.54, 1.807) is 0 Å². The summed E-state index contributed by atoms with van der Waals surface area (Å²) in [6.45, 7) is 3.53. The summed E-state index contributed by atoms with van der Waals surface area (Å²) in [5.41, 5.74) is 0. The van der Waals surface area contributed by atoms with Gasteiger partial charge in [-0.15, -0.1) is 0 Å². The van der Waals surface area contributed by atoms with Gasteiger partial charge in [0.1, 0.15) is 12.2 Å². The number of carbonyl (C=O) groups is 1. The molecule has 3 atom stereocenters. The van der Waals surface area contributed by atoms with Crippen LogP contribution in [0.1, 0.15) is 200 Å². The van der Waals surface area contributed by atoms with E-state index in [1.807, 2.05) is 0 Å². The first-order valence-electron chi connectivity index (χ1n) is 21.2. The number of aliphatic hydroxyl groups excluding tert-OH is 2. The van der Waals surface area contributed by atoms with Gasteiger partial charge >= 0.3 is 13.8 Å². The number of carbonyl (C=O) groups excluding carboxylic acids is 1. The molecule has 304 valence electrons. The van der Waals surface area contributed by atoms with Gasteiger partial charge in [-0.2, -0.15) is 0 Å². The number of hydrogen-bond acceptors (Lipinski definition) is 8. The van der Waals surface area contributed by atoms with Gasteiger partial charge in [-0.3, -0.25) is 13.8 Å². The highest BCUT2D eigenvalue weighted by atomic mass is 31.2. The van der Waals surface area contributed by atoms with E-state index in [9.17, 15) is 19.4 Å². The maximum atomic E-state index is 12.6. The summed E-state index contributed by atoms with van der Waals surface area (Å²) in [6.07, 6.45) is 37.3. The van der Waals surface area contributed by atoms with Crippen LogP contribution in [0.4, 0.5) is 0 Å².